The second kappa shape index (κ2) is 8.04. The van der Waals surface area contributed by atoms with Crippen LogP contribution in [0.5, 0.6) is 0 Å². The fourth-order valence-electron chi connectivity index (χ4n) is 4.21. The highest BCUT2D eigenvalue weighted by Crippen LogP contribution is 2.45. The van der Waals surface area contributed by atoms with E-state index in [9.17, 15) is 0 Å². The maximum atomic E-state index is 6.22. The van der Waals surface area contributed by atoms with Gasteiger partial charge in [0.15, 0.2) is 0 Å². The average Bonchev–Trinajstić information content (AvgIpc) is 2.65. The van der Waals surface area contributed by atoms with Crippen molar-refractivity contribution in [1.29, 1.82) is 0 Å². The zero-order valence-electron chi connectivity index (χ0n) is 18.7. The van der Waals surface area contributed by atoms with Crippen molar-refractivity contribution in [1.82, 2.24) is 0 Å². The summed E-state index contributed by atoms with van der Waals surface area (Å²) in [5.41, 5.74) is 18.4. The first-order valence-electron chi connectivity index (χ1n) is 10.5. The maximum Gasteiger partial charge on any atom is 0.0500 e. The molecule has 0 saturated carbocycles. The molecular formula is C27H34N2. The molecule has 0 aromatic heterocycles. The molecule has 152 valence electrons. The smallest absolute Gasteiger partial charge is 0.0500 e. The molecule has 2 aromatic rings. The van der Waals surface area contributed by atoms with Gasteiger partial charge in [-0.05, 0) is 86.4 Å². The Balaban J connectivity index is 2.26. The van der Waals surface area contributed by atoms with E-state index in [-0.39, 0.29) is 5.54 Å². The average molecular weight is 387 g/mol. The van der Waals surface area contributed by atoms with Crippen LogP contribution in [0.3, 0.4) is 0 Å². The predicted octanol–water partition coefficient (Wildman–Crippen LogP) is 6.79. The van der Waals surface area contributed by atoms with Crippen molar-refractivity contribution in [2.75, 3.05) is 5.32 Å². The summed E-state index contributed by atoms with van der Waals surface area (Å²) in [5.74, 6) is 0. The van der Waals surface area contributed by atoms with E-state index in [4.69, 9.17) is 5.73 Å². The summed E-state index contributed by atoms with van der Waals surface area (Å²) < 4.78 is 0. The molecular weight excluding hydrogens is 352 g/mol. The monoisotopic (exact) mass is 386 g/mol. The molecule has 0 saturated heterocycles. The summed E-state index contributed by atoms with van der Waals surface area (Å²) in [6, 6.07) is 11.3. The second-order valence-electron chi connectivity index (χ2n) is 8.84. The Morgan fingerprint density at radius 2 is 1.76 bits per heavy atom. The Morgan fingerprint density at radius 3 is 2.31 bits per heavy atom. The number of nitrogens with one attached hydrogen (secondary N) is 1. The molecule has 29 heavy (non-hydrogen) atoms. The lowest BCUT2D eigenvalue weighted by Gasteiger charge is -2.29. The Morgan fingerprint density at radius 1 is 1.10 bits per heavy atom. The van der Waals surface area contributed by atoms with Crippen LogP contribution in [0.2, 0.25) is 0 Å². The quantitative estimate of drug-likeness (QED) is 0.593. The van der Waals surface area contributed by atoms with E-state index >= 15 is 0 Å². The van der Waals surface area contributed by atoms with Crippen LogP contribution in [-0.4, -0.2) is 5.54 Å². The summed E-state index contributed by atoms with van der Waals surface area (Å²) in [5, 5.41) is 3.57. The van der Waals surface area contributed by atoms with Crippen molar-refractivity contribution in [3.05, 3.63) is 82.6 Å². The zero-order chi connectivity index (χ0) is 21.3. The molecule has 3 N–H and O–H groups in total. The third-order valence-corrected chi connectivity index (χ3v) is 5.62. The molecule has 0 aliphatic carbocycles. The van der Waals surface area contributed by atoms with Crippen molar-refractivity contribution >= 4 is 11.3 Å². The van der Waals surface area contributed by atoms with Crippen LogP contribution in [0.25, 0.3) is 16.7 Å². The van der Waals surface area contributed by atoms with E-state index in [2.05, 4.69) is 95.9 Å². The Labute approximate surface area is 176 Å². The highest BCUT2D eigenvalue weighted by molar-refractivity contribution is 5.99. The molecule has 3 rings (SSSR count). The predicted molar refractivity (Wildman–Crippen MR) is 128 cm³/mol. The molecule has 2 nitrogen and oxygen atoms in total. The fourth-order valence-corrected chi connectivity index (χ4v) is 4.21. The number of nitrogens with two attached hydrogens (primary N) is 1. The van der Waals surface area contributed by atoms with Gasteiger partial charge in [-0.2, -0.15) is 0 Å². The minimum atomic E-state index is -0.206. The highest BCUT2D eigenvalue weighted by atomic mass is 14.9. The third-order valence-electron chi connectivity index (χ3n) is 5.62. The van der Waals surface area contributed by atoms with Gasteiger partial charge in [0, 0.05) is 22.5 Å². The van der Waals surface area contributed by atoms with Gasteiger partial charge in [0.1, 0.15) is 0 Å². The maximum absolute atomic E-state index is 6.22. The van der Waals surface area contributed by atoms with Gasteiger partial charge < -0.3 is 11.1 Å². The lowest BCUT2D eigenvalue weighted by atomic mass is 9.82. The van der Waals surface area contributed by atoms with Crippen LogP contribution in [0, 0.1) is 6.92 Å². The molecule has 0 amide bonds. The van der Waals surface area contributed by atoms with Crippen molar-refractivity contribution < 1.29 is 0 Å². The molecule has 0 atom stereocenters. The van der Waals surface area contributed by atoms with E-state index < -0.39 is 0 Å². The van der Waals surface area contributed by atoms with Crippen LogP contribution >= 0.6 is 0 Å². The van der Waals surface area contributed by atoms with Crippen LogP contribution < -0.4 is 11.1 Å². The Kier molecular flexibility index (Phi) is 5.86. The third kappa shape index (κ3) is 4.23. The minimum absolute atomic E-state index is 0.206. The number of anilines is 1. The first kappa shape index (κ1) is 21.1. The first-order valence-corrected chi connectivity index (χ1v) is 10.5. The molecule has 2 heteroatoms. The number of benzene rings is 2. The fraction of sp³-hybridized carbons (Fsp3) is 0.333. The number of rotatable bonds is 5. The Bertz CT molecular complexity index is 996. The SMILES string of the molecule is C=C1Nc2c(C)cc(CC)c(-c3ccc(CC(C)(C)N)cc3)c2C(/C=C\C)=C1C. The van der Waals surface area contributed by atoms with Gasteiger partial charge in [0.25, 0.3) is 0 Å². The number of hydrogen-bond acceptors (Lipinski definition) is 2. The number of hydrogen-bond donors (Lipinski definition) is 2. The lowest BCUT2D eigenvalue weighted by molar-refractivity contribution is 0.517. The number of aryl methyl sites for hydroxylation is 2. The van der Waals surface area contributed by atoms with Gasteiger partial charge in [-0.25, -0.2) is 0 Å². The standard InChI is InChI=1S/C27H34N2/c1-8-10-23-18(4)19(5)29-26-17(3)15-21(9-2)24(25(23)26)22-13-11-20(12-14-22)16-27(6,7)28/h8,10-15,29H,5,9,16,28H2,1-4,6-7H3/b10-8-. The van der Waals surface area contributed by atoms with Crippen molar-refractivity contribution in [2.45, 2.75) is 59.9 Å². The largest absolute Gasteiger partial charge is 0.355 e. The van der Waals surface area contributed by atoms with Gasteiger partial charge in [0.2, 0.25) is 0 Å². The summed E-state index contributed by atoms with van der Waals surface area (Å²) in [6.07, 6.45) is 6.19. The molecule has 1 aliphatic heterocycles. The molecule has 0 bridgehead atoms. The summed E-state index contributed by atoms with van der Waals surface area (Å²) in [7, 11) is 0. The summed E-state index contributed by atoms with van der Waals surface area (Å²) >= 11 is 0. The first-order chi connectivity index (χ1) is 13.7. The zero-order valence-corrected chi connectivity index (χ0v) is 18.7. The molecule has 2 aromatic carbocycles. The van der Waals surface area contributed by atoms with Gasteiger partial charge in [0.05, 0.1) is 0 Å². The topological polar surface area (TPSA) is 38.0 Å². The molecule has 0 spiro atoms. The van der Waals surface area contributed by atoms with Gasteiger partial charge >= 0.3 is 0 Å². The number of allylic oxidation sites excluding steroid dienone is 4. The summed E-state index contributed by atoms with van der Waals surface area (Å²) in [4.78, 5) is 0. The van der Waals surface area contributed by atoms with E-state index in [0.717, 1.165) is 18.5 Å². The van der Waals surface area contributed by atoms with Gasteiger partial charge in [-0.3, -0.25) is 0 Å². The molecule has 0 radical (unpaired) electrons. The van der Waals surface area contributed by atoms with Gasteiger partial charge in [-0.15, -0.1) is 0 Å². The van der Waals surface area contributed by atoms with E-state index in [0.29, 0.717) is 0 Å². The minimum Gasteiger partial charge on any atom is -0.355 e. The van der Waals surface area contributed by atoms with Crippen molar-refractivity contribution in [2.24, 2.45) is 5.73 Å². The molecule has 1 aliphatic rings. The van der Waals surface area contributed by atoms with Crippen molar-refractivity contribution in [3.8, 4) is 11.1 Å². The summed E-state index contributed by atoms with van der Waals surface area (Å²) in [6.45, 7) is 17.0. The number of fused-ring (bicyclic) bond motifs is 1. The molecule has 1 heterocycles. The van der Waals surface area contributed by atoms with E-state index in [1.165, 1.54) is 50.2 Å². The van der Waals surface area contributed by atoms with Gasteiger partial charge in [-0.1, -0.05) is 56.0 Å². The van der Waals surface area contributed by atoms with E-state index in [1.54, 1.807) is 0 Å². The van der Waals surface area contributed by atoms with E-state index in [1.807, 2.05) is 0 Å². The normalized spacial score (nSPS) is 14.4. The lowest BCUT2D eigenvalue weighted by Crippen LogP contribution is -2.34. The van der Waals surface area contributed by atoms with Crippen LogP contribution in [0.4, 0.5) is 5.69 Å². The Hall–Kier alpha value is -2.58. The van der Waals surface area contributed by atoms with Crippen LogP contribution in [0.1, 0.15) is 56.9 Å². The second-order valence-corrected chi connectivity index (χ2v) is 8.84. The van der Waals surface area contributed by atoms with Crippen molar-refractivity contribution in [3.63, 3.8) is 0 Å². The van der Waals surface area contributed by atoms with Crippen LogP contribution in [0.15, 0.2) is 60.3 Å². The molecule has 0 unspecified atom stereocenters. The molecule has 0 fully saturated rings. The highest BCUT2D eigenvalue weighted by Gasteiger charge is 2.25. The van der Waals surface area contributed by atoms with Crippen LogP contribution in [-0.2, 0) is 12.8 Å².